The van der Waals surface area contributed by atoms with Crippen LogP contribution in [-0.2, 0) is 18.3 Å². The van der Waals surface area contributed by atoms with Gasteiger partial charge in [0.25, 0.3) is 0 Å². The van der Waals surface area contributed by atoms with Gasteiger partial charge in [-0.25, -0.2) is 0 Å². The lowest BCUT2D eigenvalue weighted by Gasteiger charge is -2.25. The van der Waals surface area contributed by atoms with E-state index in [0.29, 0.717) is 17.9 Å². The Morgan fingerprint density at radius 3 is 2.85 bits per heavy atom. The molecule has 1 aliphatic rings. The SMILES string of the molecule is Cc1cc(CC(=O)C2COc3ccccc3O2)n(C)n1. The quantitative estimate of drug-likeness (QED) is 0.853. The predicted octanol–water partition coefficient (Wildman–Crippen LogP) is 1.68. The maximum Gasteiger partial charge on any atom is 0.191 e. The first-order valence-corrected chi connectivity index (χ1v) is 6.54. The standard InChI is InChI=1S/C15H16N2O3/c1-10-7-11(17(2)16-10)8-12(18)15-9-19-13-5-3-4-6-14(13)20-15/h3-7,15H,8-9H2,1-2H3. The summed E-state index contributed by atoms with van der Waals surface area (Å²) >= 11 is 0. The van der Waals surface area contributed by atoms with E-state index in [0.717, 1.165) is 11.4 Å². The number of para-hydroxylation sites is 2. The van der Waals surface area contributed by atoms with E-state index in [-0.39, 0.29) is 12.4 Å². The summed E-state index contributed by atoms with van der Waals surface area (Å²) in [7, 11) is 1.84. The summed E-state index contributed by atoms with van der Waals surface area (Å²) in [5.74, 6) is 1.31. The van der Waals surface area contributed by atoms with E-state index in [1.54, 1.807) is 4.68 Å². The Balaban J connectivity index is 1.72. The molecule has 0 saturated heterocycles. The molecule has 0 N–H and O–H groups in total. The van der Waals surface area contributed by atoms with Gasteiger partial charge in [0.2, 0.25) is 0 Å². The van der Waals surface area contributed by atoms with Gasteiger partial charge in [0, 0.05) is 12.7 Å². The third-order valence-electron chi connectivity index (χ3n) is 3.32. The summed E-state index contributed by atoms with van der Waals surface area (Å²) in [6.45, 7) is 2.16. The van der Waals surface area contributed by atoms with E-state index in [1.165, 1.54) is 0 Å². The van der Waals surface area contributed by atoms with E-state index < -0.39 is 6.10 Å². The van der Waals surface area contributed by atoms with Gasteiger partial charge >= 0.3 is 0 Å². The molecule has 1 aromatic carbocycles. The Labute approximate surface area is 117 Å². The van der Waals surface area contributed by atoms with Crippen molar-refractivity contribution < 1.29 is 14.3 Å². The fourth-order valence-corrected chi connectivity index (χ4v) is 2.30. The molecular formula is C15H16N2O3. The maximum atomic E-state index is 12.3. The van der Waals surface area contributed by atoms with Crippen LogP contribution >= 0.6 is 0 Å². The number of hydrogen-bond donors (Lipinski definition) is 0. The third kappa shape index (κ3) is 2.39. The van der Waals surface area contributed by atoms with E-state index in [1.807, 2.05) is 44.3 Å². The lowest BCUT2D eigenvalue weighted by molar-refractivity contribution is -0.127. The zero-order valence-corrected chi connectivity index (χ0v) is 11.5. The molecule has 104 valence electrons. The molecule has 1 atom stereocenters. The number of carbonyl (C=O) groups excluding carboxylic acids is 1. The lowest BCUT2D eigenvalue weighted by Crippen LogP contribution is -2.37. The van der Waals surface area contributed by atoms with Gasteiger partial charge < -0.3 is 9.47 Å². The van der Waals surface area contributed by atoms with Crippen molar-refractivity contribution in [3.8, 4) is 11.5 Å². The number of benzene rings is 1. The van der Waals surface area contributed by atoms with E-state index in [9.17, 15) is 4.79 Å². The Morgan fingerprint density at radius 2 is 2.15 bits per heavy atom. The lowest BCUT2D eigenvalue weighted by atomic mass is 10.1. The van der Waals surface area contributed by atoms with Gasteiger partial charge in [0.15, 0.2) is 23.4 Å². The highest BCUT2D eigenvalue weighted by molar-refractivity contribution is 5.85. The van der Waals surface area contributed by atoms with Crippen molar-refractivity contribution in [2.45, 2.75) is 19.4 Å². The number of ketones is 1. The van der Waals surface area contributed by atoms with Crippen LogP contribution in [0.3, 0.4) is 0 Å². The van der Waals surface area contributed by atoms with Crippen molar-refractivity contribution in [2.75, 3.05) is 6.61 Å². The van der Waals surface area contributed by atoms with Crippen LogP contribution in [0.25, 0.3) is 0 Å². The van der Waals surface area contributed by atoms with Gasteiger partial charge in [-0.15, -0.1) is 0 Å². The minimum Gasteiger partial charge on any atom is -0.485 e. The Bertz CT molecular complexity index is 648. The average molecular weight is 272 g/mol. The molecule has 0 fully saturated rings. The van der Waals surface area contributed by atoms with Crippen LogP contribution in [0.4, 0.5) is 0 Å². The van der Waals surface area contributed by atoms with Gasteiger partial charge in [-0.1, -0.05) is 12.1 Å². The highest BCUT2D eigenvalue weighted by atomic mass is 16.6. The Kier molecular flexibility index (Phi) is 3.18. The van der Waals surface area contributed by atoms with Crippen molar-refractivity contribution in [3.63, 3.8) is 0 Å². The third-order valence-corrected chi connectivity index (χ3v) is 3.32. The molecule has 1 aromatic heterocycles. The van der Waals surface area contributed by atoms with Crippen LogP contribution in [0.15, 0.2) is 30.3 Å². The first kappa shape index (κ1) is 12.7. The summed E-state index contributed by atoms with van der Waals surface area (Å²) in [6.07, 6.45) is -0.256. The van der Waals surface area contributed by atoms with Crippen LogP contribution in [0, 0.1) is 6.92 Å². The molecule has 0 aliphatic carbocycles. The van der Waals surface area contributed by atoms with Crippen LogP contribution in [-0.4, -0.2) is 28.3 Å². The molecule has 3 rings (SSSR count). The summed E-state index contributed by atoms with van der Waals surface area (Å²) in [4.78, 5) is 12.3. The maximum absolute atomic E-state index is 12.3. The number of fused-ring (bicyclic) bond motifs is 1. The number of nitrogens with zero attached hydrogens (tertiary/aromatic N) is 2. The van der Waals surface area contributed by atoms with Gasteiger partial charge in [-0.05, 0) is 25.1 Å². The number of aryl methyl sites for hydroxylation is 2. The second-order valence-corrected chi connectivity index (χ2v) is 4.91. The molecule has 1 aliphatic heterocycles. The minimum atomic E-state index is -0.555. The molecule has 2 aromatic rings. The molecule has 5 heteroatoms. The van der Waals surface area contributed by atoms with Crippen molar-refractivity contribution in [3.05, 3.63) is 41.7 Å². The molecule has 0 spiro atoms. The smallest absolute Gasteiger partial charge is 0.191 e. The topological polar surface area (TPSA) is 53.4 Å². The number of carbonyl (C=O) groups is 1. The van der Waals surface area contributed by atoms with E-state index in [2.05, 4.69) is 5.10 Å². The first-order chi connectivity index (χ1) is 9.63. The molecule has 1 unspecified atom stereocenters. The second kappa shape index (κ2) is 5.00. The van der Waals surface area contributed by atoms with Gasteiger partial charge in [0.05, 0.1) is 12.1 Å². The van der Waals surface area contributed by atoms with E-state index >= 15 is 0 Å². The highest BCUT2D eigenvalue weighted by Gasteiger charge is 2.27. The fourth-order valence-electron chi connectivity index (χ4n) is 2.30. The molecule has 0 amide bonds. The number of aromatic nitrogens is 2. The minimum absolute atomic E-state index is 0.00232. The van der Waals surface area contributed by atoms with Gasteiger partial charge in [-0.3, -0.25) is 9.48 Å². The molecule has 5 nitrogen and oxygen atoms in total. The van der Waals surface area contributed by atoms with Crippen LogP contribution < -0.4 is 9.47 Å². The van der Waals surface area contributed by atoms with Crippen molar-refractivity contribution in [2.24, 2.45) is 7.05 Å². The normalized spacial score (nSPS) is 17.0. The number of Topliss-reactive ketones (excluding diaryl/α,β-unsaturated/α-hetero) is 1. The van der Waals surface area contributed by atoms with E-state index in [4.69, 9.17) is 9.47 Å². The Hall–Kier alpha value is -2.30. The van der Waals surface area contributed by atoms with Crippen molar-refractivity contribution in [1.29, 1.82) is 0 Å². The van der Waals surface area contributed by atoms with Gasteiger partial charge in [0.1, 0.15) is 6.61 Å². The summed E-state index contributed by atoms with van der Waals surface area (Å²) in [6, 6.07) is 9.29. The Morgan fingerprint density at radius 1 is 1.40 bits per heavy atom. The van der Waals surface area contributed by atoms with Crippen LogP contribution in [0.5, 0.6) is 11.5 Å². The summed E-state index contributed by atoms with van der Waals surface area (Å²) in [5, 5.41) is 4.24. The molecule has 2 heterocycles. The fraction of sp³-hybridized carbons (Fsp3) is 0.333. The van der Waals surface area contributed by atoms with Gasteiger partial charge in [-0.2, -0.15) is 5.10 Å². The molecule has 0 radical (unpaired) electrons. The summed E-state index contributed by atoms with van der Waals surface area (Å²) < 4.78 is 13.0. The zero-order valence-electron chi connectivity index (χ0n) is 11.5. The second-order valence-electron chi connectivity index (χ2n) is 4.91. The highest BCUT2D eigenvalue weighted by Crippen LogP contribution is 2.31. The molecular weight excluding hydrogens is 256 g/mol. The first-order valence-electron chi connectivity index (χ1n) is 6.54. The molecule has 0 bridgehead atoms. The number of hydrogen-bond acceptors (Lipinski definition) is 4. The molecule has 20 heavy (non-hydrogen) atoms. The average Bonchev–Trinajstić information content (AvgIpc) is 2.76. The monoisotopic (exact) mass is 272 g/mol. The number of ether oxygens (including phenoxy) is 2. The van der Waals surface area contributed by atoms with Crippen LogP contribution in [0.2, 0.25) is 0 Å². The summed E-state index contributed by atoms with van der Waals surface area (Å²) in [5.41, 5.74) is 1.79. The van der Waals surface area contributed by atoms with Crippen molar-refractivity contribution >= 4 is 5.78 Å². The zero-order chi connectivity index (χ0) is 14.1. The van der Waals surface area contributed by atoms with Crippen molar-refractivity contribution in [1.82, 2.24) is 9.78 Å². The molecule has 0 saturated carbocycles. The largest absolute Gasteiger partial charge is 0.485 e. The predicted molar refractivity (Wildman–Crippen MR) is 73.0 cm³/mol. The van der Waals surface area contributed by atoms with Crippen LogP contribution in [0.1, 0.15) is 11.4 Å². The number of rotatable bonds is 3.